The molecule has 1 aliphatic carbocycles. The summed E-state index contributed by atoms with van der Waals surface area (Å²) in [5.74, 6) is 0.251. The molecule has 5 nitrogen and oxygen atoms in total. The lowest BCUT2D eigenvalue weighted by Gasteiger charge is -2.33. The van der Waals surface area contributed by atoms with E-state index in [0.717, 1.165) is 44.3 Å². The highest BCUT2D eigenvalue weighted by Crippen LogP contribution is 2.31. The van der Waals surface area contributed by atoms with Crippen molar-refractivity contribution < 1.29 is 14.0 Å². The fourth-order valence-corrected chi connectivity index (χ4v) is 3.28. The molecule has 6 heteroatoms. The Balaban J connectivity index is 1.48. The van der Waals surface area contributed by atoms with Gasteiger partial charge >= 0.3 is 6.03 Å². The molecule has 1 aromatic rings. The van der Waals surface area contributed by atoms with Gasteiger partial charge in [0.15, 0.2) is 0 Å². The number of carbonyl (C=O) groups is 2. The predicted octanol–water partition coefficient (Wildman–Crippen LogP) is 2.76. The van der Waals surface area contributed by atoms with E-state index in [1.807, 2.05) is 17.9 Å². The van der Waals surface area contributed by atoms with Crippen molar-refractivity contribution in [1.82, 2.24) is 15.1 Å². The van der Waals surface area contributed by atoms with Gasteiger partial charge in [0.05, 0.1) is 0 Å². The second-order valence-corrected chi connectivity index (χ2v) is 6.97. The summed E-state index contributed by atoms with van der Waals surface area (Å²) in [4.78, 5) is 28.2. The molecule has 0 unspecified atom stereocenters. The van der Waals surface area contributed by atoms with Crippen LogP contribution in [0.5, 0.6) is 0 Å². The predicted molar refractivity (Wildman–Crippen MR) is 93.3 cm³/mol. The standard InChI is InChI=1S/C19H26FN3O2/c1-2-22(13-14-4-3-5-16(20)12-14)19(25)21-17-8-10-23(11-9-17)18(24)15-6-7-15/h3-5,12,15,17H,2,6-11,13H2,1H3,(H,21,25). The minimum atomic E-state index is -0.290. The zero-order valence-corrected chi connectivity index (χ0v) is 14.7. The van der Waals surface area contributed by atoms with Crippen LogP contribution < -0.4 is 5.32 Å². The zero-order valence-electron chi connectivity index (χ0n) is 14.7. The van der Waals surface area contributed by atoms with Crippen LogP contribution in [0.3, 0.4) is 0 Å². The number of rotatable bonds is 5. The lowest BCUT2D eigenvalue weighted by Crippen LogP contribution is -2.50. The first-order chi connectivity index (χ1) is 12.1. The van der Waals surface area contributed by atoms with E-state index < -0.39 is 0 Å². The van der Waals surface area contributed by atoms with Gasteiger partial charge in [-0.3, -0.25) is 4.79 Å². The third kappa shape index (κ3) is 4.71. The minimum absolute atomic E-state index is 0.0947. The molecule has 1 aromatic carbocycles. The quantitative estimate of drug-likeness (QED) is 0.890. The third-order valence-electron chi connectivity index (χ3n) is 4.99. The smallest absolute Gasteiger partial charge is 0.317 e. The highest BCUT2D eigenvalue weighted by atomic mass is 19.1. The van der Waals surface area contributed by atoms with E-state index in [1.165, 1.54) is 12.1 Å². The van der Waals surface area contributed by atoms with Gasteiger partial charge in [-0.1, -0.05) is 12.1 Å². The van der Waals surface area contributed by atoms with Crippen molar-refractivity contribution in [3.63, 3.8) is 0 Å². The molecule has 1 saturated heterocycles. The molecule has 2 aliphatic rings. The molecule has 0 spiro atoms. The minimum Gasteiger partial charge on any atom is -0.342 e. The van der Waals surface area contributed by atoms with Crippen LogP contribution >= 0.6 is 0 Å². The van der Waals surface area contributed by atoms with Crippen molar-refractivity contribution >= 4 is 11.9 Å². The van der Waals surface area contributed by atoms with Crippen molar-refractivity contribution in [3.8, 4) is 0 Å². The lowest BCUT2D eigenvalue weighted by molar-refractivity contribution is -0.133. The average Bonchev–Trinajstić information content (AvgIpc) is 3.45. The number of nitrogens with one attached hydrogen (secondary N) is 1. The van der Waals surface area contributed by atoms with Crippen molar-refractivity contribution in [2.24, 2.45) is 5.92 Å². The molecule has 3 amide bonds. The van der Waals surface area contributed by atoms with Crippen molar-refractivity contribution in [3.05, 3.63) is 35.6 Å². The lowest BCUT2D eigenvalue weighted by atomic mass is 10.0. The number of carbonyl (C=O) groups excluding carboxylic acids is 2. The van der Waals surface area contributed by atoms with Crippen molar-refractivity contribution in [2.45, 2.75) is 45.2 Å². The maximum atomic E-state index is 13.3. The monoisotopic (exact) mass is 347 g/mol. The SMILES string of the molecule is CCN(Cc1cccc(F)c1)C(=O)NC1CCN(C(=O)C2CC2)CC1. The van der Waals surface area contributed by atoms with Crippen LogP contribution in [0.4, 0.5) is 9.18 Å². The maximum absolute atomic E-state index is 13.3. The van der Waals surface area contributed by atoms with Crippen LogP contribution in [-0.2, 0) is 11.3 Å². The fourth-order valence-electron chi connectivity index (χ4n) is 3.28. The Morgan fingerprint density at radius 3 is 2.56 bits per heavy atom. The summed E-state index contributed by atoms with van der Waals surface area (Å²) < 4.78 is 13.3. The Kier molecular flexibility index (Phi) is 5.56. The Labute approximate surface area is 148 Å². The summed E-state index contributed by atoms with van der Waals surface area (Å²) in [5.41, 5.74) is 0.779. The molecule has 1 N–H and O–H groups in total. The molecular weight excluding hydrogens is 321 g/mol. The van der Waals surface area contributed by atoms with Crippen LogP contribution in [0.25, 0.3) is 0 Å². The number of hydrogen-bond donors (Lipinski definition) is 1. The summed E-state index contributed by atoms with van der Waals surface area (Å²) >= 11 is 0. The molecule has 0 atom stereocenters. The highest BCUT2D eigenvalue weighted by molar-refractivity contribution is 5.81. The summed E-state index contributed by atoms with van der Waals surface area (Å²) in [5, 5.41) is 3.06. The van der Waals surface area contributed by atoms with E-state index in [2.05, 4.69) is 5.32 Å². The summed E-state index contributed by atoms with van der Waals surface area (Å²) in [6, 6.07) is 6.30. The largest absolute Gasteiger partial charge is 0.342 e. The molecule has 1 aliphatic heterocycles. The third-order valence-corrected chi connectivity index (χ3v) is 4.99. The fraction of sp³-hybridized carbons (Fsp3) is 0.579. The van der Waals surface area contributed by atoms with Crippen LogP contribution in [0, 0.1) is 11.7 Å². The summed E-state index contributed by atoms with van der Waals surface area (Å²) in [6.07, 6.45) is 3.64. The van der Waals surface area contributed by atoms with E-state index in [9.17, 15) is 14.0 Å². The van der Waals surface area contributed by atoms with Crippen LogP contribution in [0.15, 0.2) is 24.3 Å². The van der Waals surface area contributed by atoms with Gasteiger partial charge in [-0.15, -0.1) is 0 Å². The van der Waals surface area contributed by atoms with Gasteiger partial charge < -0.3 is 15.1 Å². The van der Waals surface area contributed by atoms with Gasteiger partial charge in [-0.05, 0) is 50.3 Å². The molecule has 25 heavy (non-hydrogen) atoms. The van der Waals surface area contributed by atoms with Gasteiger partial charge in [0.1, 0.15) is 5.82 Å². The number of nitrogens with zero attached hydrogens (tertiary/aromatic N) is 2. The number of amides is 3. The molecular formula is C19H26FN3O2. The molecule has 2 fully saturated rings. The first kappa shape index (κ1) is 17.7. The maximum Gasteiger partial charge on any atom is 0.317 e. The van der Waals surface area contributed by atoms with Crippen LogP contribution in [-0.4, -0.2) is 47.4 Å². The normalized spacial score (nSPS) is 18.1. The van der Waals surface area contributed by atoms with Crippen LogP contribution in [0.2, 0.25) is 0 Å². The zero-order chi connectivity index (χ0) is 17.8. The molecule has 0 bridgehead atoms. The van der Waals surface area contributed by atoms with E-state index in [4.69, 9.17) is 0 Å². The topological polar surface area (TPSA) is 52.7 Å². The second-order valence-electron chi connectivity index (χ2n) is 6.97. The second kappa shape index (κ2) is 7.85. The molecule has 1 heterocycles. The van der Waals surface area contributed by atoms with E-state index >= 15 is 0 Å². The Hall–Kier alpha value is -2.11. The van der Waals surface area contributed by atoms with Crippen molar-refractivity contribution in [2.75, 3.05) is 19.6 Å². The van der Waals surface area contributed by atoms with Gasteiger partial charge in [-0.2, -0.15) is 0 Å². The molecule has 3 rings (SSSR count). The average molecular weight is 347 g/mol. The van der Waals surface area contributed by atoms with Gasteiger partial charge in [0.2, 0.25) is 5.91 Å². The van der Waals surface area contributed by atoms with Gasteiger partial charge in [0, 0.05) is 38.1 Å². The number of halogens is 1. The number of piperidine rings is 1. The number of benzene rings is 1. The molecule has 136 valence electrons. The Morgan fingerprint density at radius 1 is 1.24 bits per heavy atom. The van der Waals surface area contributed by atoms with Crippen LogP contribution in [0.1, 0.15) is 38.2 Å². The summed E-state index contributed by atoms with van der Waals surface area (Å²) in [7, 11) is 0. The highest BCUT2D eigenvalue weighted by Gasteiger charge is 2.35. The van der Waals surface area contributed by atoms with Gasteiger partial charge in [-0.25, -0.2) is 9.18 Å². The number of likely N-dealkylation sites (tertiary alicyclic amines) is 1. The summed E-state index contributed by atoms with van der Waals surface area (Å²) in [6.45, 7) is 4.29. The van der Waals surface area contributed by atoms with Crippen molar-refractivity contribution in [1.29, 1.82) is 0 Å². The molecule has 0 aromatic heterocycles. The first-order valence-corrected chi connectivity index (χ1v) is 9.15. The Morgan fingerprint density at radius 2 is 1.96 bits per heavy atom. The van der Waals surface area contributed by atoms with E-state index in [1.54, 1.807) is 11.0 Å². The van der Waals surface area contributed by atoms with Gasteiger partial charge in [0.25, 0.3) is 0 Å². The first-order valence-electron chi connectivity index (χ1n) is 9.15. The van der Waals surface area contributed by atoms with E-state index in [0.29, 0.717) is 13.1 Å². The van der Waals surface area contributed by atoms with E-state index in [-0.39, 0.29) is 29.7 Å². The number of hydrogen-bond acceptors (Lipinski definition) is 2. The molecule has 0 radical (unpaired) electrons. The Bertz CT molecular complexity index is 625. The molecule has 1 saturated carbocycles. The number of urea groups is 1.